The molecule has 0 bridgehead atoms. The Morgan fingerprint density at radius 1 is 1.00 bits per heavy atom. The summed E-state index contributed by atoms with van der Waals surface area (Å²) in [6.45, 7) is 10.5. The zero-order chi connectivity index (χ0) is 16.3. The molecule has 0 N–H and O–H groups in total. The second kappa shape index (κ2) is 10.1. The third kappa shape index (κ3) is 13.1. The number of ether oxygens (including phenoxy) is 3. The minimum Gasteiger partial charge on any atom is -0.460 e. The number of carbonyl (C=O) groups is 2. The molecule has 0 aromatic rings. The molecule has 0 spiro atoms. The van der Waals surface area contributed by atoms with Gasteiger partial charge in [0.25, 0.3) is 0 Å². The molecule has 8 heteroatoms. The van der Waals surface area contributed by atoms with Gasteiger partial charge in [0.15, 0.2) is 0 Å². The Morgan fingerprint density at radius 2 is 1.57 bits per heavy atom. The highest BCUT2D eigenvalue weighted by molar-refractivity contribution is 5.86. The summed E-state index contributed by atoms with van der Waals surface area (Å²) in [5.74, 6) is -0.477. The smallest absolute Gasteiger partial charge is 0.460 e. The predicted octanol–water partition coefficient (Wildman–Crippen LogP) is 1.94. The van der Waals surface area contributed by atoms with Gasteiger partial charge in [-0.25, -0.2) is 14.5 Å². The van der Waals surface area contributed by atoms with Crippen molar-refractivity contribution in [2.45, 2.75) is 33.3 Å². The van der Waals surface area contributed by atoms with Crippen LogP contribution in [-0.4, -0.2) is 44.2 Å². The minimum atomic E-state index is -1.04. The fraction of sp³-hybridized carbons (Fsp3) is 0.692. The van der Waals surface area contributed by atoms with Crippen LogP contribution in [0.25, 0.3) is 0 Å². The van der Waals surface area contributed by atoms with E-state index in [1.165, 1.54) is 0 Å². The van der Waals surface area contributed by atoms with Crippen LogP contribution in [0.2, 0.25) is 0 Å². The van der Waals surface area contributed by atoms with Gasteiger partial charge in [-0.15, -0.1) is 0 Å². The molecule has 0 fully saturated rings. The van der Waals surface area contributed by atoms with Gasteiger partial charge in [0.2, 0.25) is 0 Å². The van der Waals surface area contributed by atoms with Crippen LogP contribution in [0.15, 0.2) is 12.2 Å². The lowest BCUT2D eigenvalue weighted by Crippen LogP contribution is -2.21. The normalized spacial score (nSPS) is 10.9. The van der Waals surface area contributed by atoms with Crippen molar-refractivity contribution in [2.75, 3.05) is 26.4 Å². The van der Waals surface area contributed by atoms with Crippen LogP contribution >= 0.6 is 0 Å². The van der Waals surface area contributed by atoms with E-state index in [-0.39, 0.29) is 26.4 Å². The van der Waals surface area contributed by atoms with Gasteiger partial charge in [0.05, 0.1) is 18.8 Å². The van der Waals surface area contributed by atoms with Crippen molar-refractivity contribution in [3.8, 4) is 0 Å². The SMILES string of the molecule is C=C(C)C(=O)OCCOCCOC(=O)OOOC(C)(C)C. The molecule has 0 amide bonds. The summed E-state index contributed by atoms with van der Waals surface area (Å²) in [6.07, 6.45) is -1.04. The molecule has 0 unspecified atom stereocenters. The van der Waals surface area contributed by atoms with Crippen LogP contribution in [0.3, 0.4) is 0 Å². The second-order valence-corrected chi connectivity index (χ2v) is 4.97. The highest BCUT2D eigenvalue weighted by atomic mass is 17.5. The summed E-state index contributed by atoms with van der Waals surface area (Å²) in [5, 5.41) is 4.22. The maximum atomic E-state index is 11.0. The molecule has 0 radical (unpaired) electrons. The first-order valence-electron chi connectivity index (χ1n) is 6.32. The molecular formula is C13H22O8. The molecule has 0 aromatic carbocycles. The van der Waals surface area contributed by atoms with E-state index < -0.39 is 17.7 Å². The summed E-state index contributed by atoms with van der Waals surface area (Å²) >= 11 is 0. The van der Waals surface area contributed by atoms with Gasteiger partial charge in [-0.2, -0.15) is 4.89 Å². The fourth-order valence-electron chi connectivity index (χ4n) is 0.773. The van der Waals surface area contributed by atoms with E-state index in [9.17, 15) is 9.59 Å². The second-order valence-electron chi connectivity index (χ2n) is 4.97. The van der Waals surface area contributed by atoms with Gasteiger partial charge in [0, 0.05) is 5.57 Å². The van der Waals surface area contributed by atoms with Crippen LogP contribution in [0.1, 0.15) is 27.7 Å². The van der Waals surface area contributed by atoms with Gasteiger partial charge >= 0.3 is 12.1 Å². The topological polar surface area (TPSA) is 89.5 Å². The maximum Gasteiger partial charge on any atom is 0.542 e. The first kappa shape index (κ1) is 19.4. The Bertz CT molecular complexity index is 345. The molecule has 0 aliphatic carbocycles. The van der Waals surface area contributed by atoms with E-state index in [1.807, 2.05) is 0 Å². The molecule has 0 rings (SSSR count). The Hall–Kier alpha value is -1.64. The molecular weight excluding hydrogens is 284 g/mol. The summed E-state index contributed by atoms with van der Waals surface area (Å²) in [5.41, 5.74) is -0.288. The van der Waals surface area contributed by atoms with Crippen LogP contribution in [0.5, 0.6) is 0 Å². The molecule has 21 heavy (non-hydrogen) atoms. The molecule has 0 aliphatic rings. The Labute approximate surface area is 123 Å². The van der Waals surface area contributed by atoms with E-state index >= 15 is 0 Å². The lowest BCUT2D eigenvalue weighted by atomic mass is 10.2. The average molecular weight is 306 g/mol. The zero-order valence-electron chi connectivity index (χ0n) is 12.8. The number of carbonyl (C=O) groups excluding carboxylic acids is 2. The molecule has 8 nitrogen and oxygen atoms in total. The number of esters is 1. The number of hydrogen-bond donors (Lipinski definition) is 0. The van der Waals surface area contributed by atoms with E-state index in [4.69, 9.17) is 14.4 Å². The first-order valence-corrected chi connectivity index (χ1v) is 6.32. The molecule has 0 heterocycles. The summed E-state index contributed by atoms with van der Waals surface area (Å²) in [4.78, 5) is 30.9. The minimum absolute atomic E-state index is 0.0356. The van der Waals surface area contributed by atoms with Gasteiger partial charge in [-0.1, -0.05) is 6.58 Å². The molecule has 0 atom stereocenters. The standard InChI is InChI=1S/C13H22O8/c1-10(2)11(14)17-8-6-16-7-9-18-12(15)19-21-20-13(3,4)5/h1,6-9H2,2-5H3. The van der Waals surface area contributed by atoms with Gasteiger partial charge in [-0.3, -0.25) is 0 Å². The first-order chi connectivity index (χ1) is 9.72. The largest absolute Gasteiger partial charge is 0.542 e. The summed E-state index contributed by atoms with van der Waals surface area (Å²) in [6, 6.07) is 0. The summed E-state index contributed by atoms with van der Waals surface area (Å²) < 4.78 is 14.5. The number of rotatable bonds is 9. The van der Waals surface area contributed by atoms with E-state index in [0.29, 0.717) is 5.57 Å². The van der Waals surface area contributed by atoms with Crippen molar-refractivity contribution in [1.29, 1.82) is 0 Å². The van der Waals surface area contributed by atoms with Crippen molar-refractivity contribution in [3.05, 3.63) is 12.2 Å². The van der Waals surface area contributed by atoms with E-state index in [2.05, 4.69) is 21.2 Å². The van der Waals surface area contributed by atoms with E-state index in [0.717, 1.165) is 0 Å². The van der Waals surface area contributed by atoms with Crippen molar-refractivity contribution >= 4 is 12.1 Å². The Morgan fingerprint density at radius 3 is 2.10 bits per heavy atom. The predicted molar refractivity (Wildman–Crippen MR) is 70.9 cm³/mol. The van der Waals surface area contributed by atoms with Crippen LogP contribution in [-0.2, 0) is 33.8 Å². The summed E-state index contributed by atoms with van der Waals surface area (Å²) in [7, 11) is 0. The quantitative estimate of drug-likeness (QED) is 0.210. The lowest BCUT2D eigenvalue weighted by Gasteiger charge is -2.15. The molecule has 0 aromatic heterocycles. The Balaban J connectivity index is 3.41. The van der Waals surface area contributed by atoms with E-state index in [1.54, 1.807) is 27.7 Å². The molecule has 122 valence electrons. The van der Waals surface area contributed by atoms with Gasteiger partial charge in [0.1, 0.15) is 13.2 Å². The highest BCUT2D eigenvalue weighted by Gasteiger charge is 2.14. The third-order valence-corrected chi connectivity index (χ3v) is 1.64. The Kier molecular flexibility index (Phi) is 9.35. The fourth-order valence-corrected chi connectivity index (χ4v) is 0.773. The monoisotopic (exact) mass is 306 g/mol. The van der Waals surface area contributed by atoms with Crippen molar-refractivity contribution in [2.24, 2.45) is 0 Å². The van der Waals surface area contributed by atoms with Crippen molar-refractivity contribution in [3.63, 3.8) is 0 Å². The molecule has 0 saturated heterocycles. The van der Waals surface area contributed by atoms with Gasteiger partial charge in [-0.05, 0) is 32.7 Å². The van der Waals surface area contributed by atoms with Crippen molar-refractivity contribution < 1.29 is 38.6 Å². The molecule has 0 saturated carbocycles. The zero-order valence-corrected chi connectivity index (χ0v) is 12.8. The molecule has 0 aliphatic heterocycles. The van der Waals surface area contributed by atoms with Crippen LogP contribution in [0, 0.1) is 0 Å². The lowest BCUT2D eigenvalue weighted by molar-refractivity contribution is -0.514. The average Bonchev–Trinajstić information content (AvgIpc) is 2.35. The highest BCUT2D eigenvalue weighted by Crippen LogP contribution is 2.07. The van der Waals surface area contributed by atoms with Crippen LogP contribution in [0.4, 0.5) is 4.79 Å². The van der Waals surface area contributed by atoms with Gasteiger partial charge < -0.3 is 14.2 Å². The van der Waals surface area contributed by atoms with Crippen LogP contribution < -0.4 is 0 Å². The third-order valence-electron chi connectivity index (χ3n) is 1.64. The number of hydrogen-bond acceptors (Lipinski definition) is 8. The maximum absolute atomic E-state index is 11.0. The van der Waals surface area contributed by atoms with Crippen molar-refractivity contribution in [1.82, 2.24) is 0 Å².